The van der Waals surface area contributed by atoms with Gasteiger partial charge in [-0.05, 0) is 63.9 Å². The Morgan fingerprint density at radius 1 is 1.14 bits per heavy atom. The molecule has 1 aromatic carbocycles. The summed E-state index contributed by atoms with van der Waals surface area (Å²) in [7, 11) is 5.24. The molecule has 2 aliphatic heterocycles. The van der Waals surface area contributed by atoms with E-state index in [1.807, 2.05) is 50.2 Å². The van der Waals surface area contributed by atoms with Crippen molar-refractivity contribution in [3.63, 3.8) is 0 Å². The van der Waals surface area contributed by atoms with Crippen LogP contribution in [0.25, 0.3) is 0 Å². The number of nitrogens with one attached hydrogen (secondary N) is 1. The Morgan fingerprint density at radius 2 is 1.83 bits per heavy atom. The van der Waals surface area contributed by atoms with Crippen molar-refractivity contribution in [1.82, 2.24) is 20.0 Å². The number of ether oxygens (including phenoxy) is 1. The van der Waals surface area contributed by atoms with Gasteiger partial charge in [0.1, 0.15) is 5.54 Å². The normalized spacial score (nSPS) is 20.9. The maximum absolute atomic E-state index is 13.9. The number of rotatable bonds is 10. The van der Waals surface area contributed by atoms with Crippen LogP contribution in [0.15, 0.2) is 24.3 Å². The van der Waals surface area contributed by atoms with Crippen LogP contribution in [0.2, 0.25) is 0 Å². The van der Waals surface area contributed by atoms with E-state index in [1.54, 1.807) is 4.90 Å². The molecular formula is C26H38N4O5. The number of esters is 1. The maximum Gasteiger partial charge on any atom is 0.325 e. The summed E-state index contributed by atoms with van der Waals surface area (Å²) in [6.07, 6.45) is 2.51. The fourth-order valence-electron chi connectivity index (χ4n) is 5.13. The molecule has 0 aliphatic carbocycles. The molecule has 2 fully saturated rings. The molecule has 1 N–H and O–H groups in total. The van der Waals surface area contributed by atoms with Gasteiger partial charge in [0.05, 0.1) is 13.5 Å². The number of hydrogen-bond acceptors (Lipinski definition) is 6. The van der Waals surface area contributed by atoms with Crippen molar-refractivity contribution in [2.24, 2.45) is 5.92 Å². The number of benzene rings is 1. The van der Waals surface area contributed by atoms with Crippen LogP contribution in [0.5, 0.6) is 0 Å². The molecule has 2 aliphatic rings. The van der Waals surface area contributed by atoms with Gasteiger partial charge < -0.3 is 19.9 Å². The summed E-state index contributed by atoms with van der Waals surface area (Å²) in [5.41, 5.74) is 1.09. The number of hydrogen-bond donors (Lipinski definition) is 1. The highest BCUT2D eigenvalue weighted by molar-refractivity contribution is 6.07. The smallest absolute Gasteiger partial charge is 0.325 e. The van der Waals surface area contributed by atoms with Gasteiger partial charge >= 0.3 is 12.0 Å². The van der Waals surface area contributed by atoms with Gasteiger partial charge in [-0.2, -0.15) is 0 Å². The quantitative estimate of drug-likeness (QED) is 0.401. The first-order valence-corrected chi connectivity index (χ1v) is 12.4. The fourth-order valence-corrected chi connectivity index (χ4v) is 5.13. The van der Waals surface area contributed by atoms with Crippen molar-refractivity contribution >= 4 is 23.8 Å². The van der Waals surface area contributed by atoms with E-state index in [0.717, 1.165) is 17.7 Å². The molecule has 4 amide bonds. The van der Waals surface area contributed by atoms with Crippen LogP contribution in [0.1, 0.15) is 43.2 Å². The largest absolute Gasteiger partial charge is 0.469 e. The van der Waals surface area contributed by atoms with E-state index < -0.39 is 11.5 Å². The minimum Gasteiger partial charge on any atom is -0.469 e. The minimum atomic E-state index is -1.03. The second-order valence-corrected chi connectivity index (χ2v) is 9.85. The van der Waals surface area contributed by atoms with Gasteiger partial charge in [-0.15, -0.1) is 0 Å². The van der Waals surface area contributed by atoms with Crippen molar-refractivity contribution in [2.45, 2.75) is 51.0 Å². The number of nitrogens with zero attached hydrogens (tertiary/aromatic N) is 3. The summed E-state index contributed by atoms with van der Waals surface area (Å²) in [4.78, 5) is 56.0. The number of carbonyl (C=O) groups excluding carboxylic acids is 4. The van der Waals surface area contributed by atoms with Crippen LogP contribution in [0.4, 0.5) is 4.79 Å². The molecular weight excluding hydrogens is 448 g/mol. The lowest BCUT2D eigenvalue weighted by molar-refractivity contribution is -0.144. The fraction of sp³-hybridized carbons (Fsp3) is 0.615. The lowest BCUT2D eigenvalue weighted by Gasteiger charge is -2.41. The third kappa shape index (κ3) is 6.20. The number of likely N-dealkylation sites (tertiary alicyclic amines) is 1. The van der Waals surface area contributed by atoms with Crippen molar-refractivity contribution in [3.05, 3.63) is 35.4 Å². The molecule has 2 saturated heterocycles. The Morgan fingerprint density at radius 3 is 2.46 bits per heavy atom. The molecule has 0 bridgehead atoms. The van der Waals surface area contributed by atoms with Crippen molar-refractivity contribution in [1.29, 1.82) is 0 Å². The van der Waals surface area contributed by atoms with Crippen molar-refractivity contribution < 1.29 is 23.9 Å². The Balaban J connectivity index is 1.77. The van der Waals surface area contributed by atoms with Crippen LogP contribution in [-0.2, 0) is 25.5 Å². The monoisotopic (exact) mass is 486 g/mol. The first kappa shape index (κ1) is 26.7. The molecule has 0 spiro atoms. The predicted molar refractivity (Wildman–Crippen MR) is 132 cm³/mol. The molecule has 192 valence electrons. The zero-order valence-electron chi connectivity index (χ0n) is 21.3. The van der Waals surface area contributed by atoms with Crippen molar-refractivity contribution in [3.8, 4) is 0 Å². The molecule has 3 rings (SSSR count). The highest BCUT2D eigenvalue weighted by Gasteiger charge is 2.55. The standard InChI is InChI=1S/C26H38N4O5/c1-19-8-5-6-9-20(19)18-26(24(33)30(25(34)27-26)15-7-14-28(2)3)21-12-16-29(17-13-21)22(31)10-11-23(32)35-4/h5-6,8-9,21H,7,10-18H2,1-4H3,(H,27,34). The maximum atomic E-state index is 13.9. The zero-order valence-corrected chi connectivity index (χ0v) is 21.3. The number of piperidine rings is 1. The molecule has 1 atom stereocenters. The Hall–Kier alpha value is -2.94. The van der Waals surface area contributed by atoms with Crippen LogP contribution in [0.3, 0.4) is 0 Å². The second-order valence-electron chi connectivity index (χ2n) is 9.85. The summed E-state index contributed by atoms with van der Waals surface area (Å²) in [6, 6.07) is 7.61. The predicted octanol–water partition coefficient (Wildman–Crippen LogP) is 1.97. The van der Waals surface area contributed by atoms with E-state index in [2.05, 4.69) is 10.1 Å². The highest BCUT2D eigenvalue weighted by Crippen LogP contribution is 2.37. The second kappa shape index (κ2) is 11.7. The van der Waals surface area contributed by atoms with Crippen molar-refractivity contribution in [2.75, 3.05) is 47.4 Å². The Kier molecular flexibility index (Phi) is 8.88. The third-order valence-corrected chi connectivity index (χ3v) is 7.23. The number of carbonyl (C=O) groups is 4. The average Bonchev–Trinajstić information content (AvgIpc) is 3.08. The van der Waals surface area contributed by atoms with E-state index in [9.17, 15) is 19.2 Å². The van der Waals surface area contributed by atoms with E-state index in [0.29, 0.717) is 45.3 Å². The van der Waals surface area contributed by atoms with Crippen LogP contribution >= 0.6 is 0 Å². The highest BCUT2D eigenvalue weighted by atomic mass is 16.5. The van der Waals surface area contributed by atoms with Gasteiger partial charge in [0, 0.05) is 32.5 Å². The summed E-state index contributed by atoms with van der Waals surface area (Å²) in [5, 5.41) is 3.10. The SMILES string of the molecule is COC(=O)CCC(=O)N1CCC(C2(Cc3ccccc3C)NC(=O)N(CCCN(C)C)C2=O)CC1. The average molecular weight is 487 g/mol. The summed E-state index contributed by atoms with van der Waals surface area (Å²) >= 11 is 0. The molecule has 1 unspecified atom stereocenters. The van der Waals surface area contributed by atoms with Gasteiger partial charge in [0.25, 0.3) is 5.91 Å². The zero-order chi connectivity index (χ0) is 25.6. The topological polar surface area (TPSA) is 99.3 Å². The van der Waals surface area contributed by atoms with E-state index in [4.69, 9.17) is 0 Å². The Bertz CT molecular complexity index is 941. The summed E-state index contributed by atoms with van der Waals surface area (Å²) in [5.74, 6) is -0.755. The molecule has 1 aromatic rings. The number of methoxy groups -OCH3 is 1. The summed E-state index contributed by atoms with van der Waals surface area (Å²) in [6.45, 7) is 4.16. The number of amides is 4. The molecule has 9 nitrogen and oxygen atoms in total. The lowest BCUT2D eigenvalue weighted by Crippen LogP contribution is -2.58. The minimum absolute atomic E-state index is 0.0585. The van der Waals surface area contributed by atoms with Gasteiger partial charge in [-0.25, -0.2) is 4.79 Å². The molecule has 2 heterocycles. The molecule has 0 radical (unpaired) electrons. The van der Waals surface area contributed by atoms with E-state index in [-0.39, 0.29) is 36.6 Å². The first-order chi connectivity index (χ1) is 16.7. The van der Waals surface area contributed by atoms with Gasteiger partial charge in [-0.3, -0.25) is 19.3 Å². The molecule has 9 heteroatoms. The Labute approximate surface area is 207 Å². The van der Waals surface area contributed by atoms with Crippen LogP contribution in [0, 0.1) is 12.8 Å². The summed E-state index contributed by atoms with van der Waals surface area (Å²) < 4.78 is 4.63. The third-order valence-electron chi connectivity index (χ3n) is 7.23. The number of aryl methyl sites for hydroxylation is 1. The lowest BCUT2D eigenvalue weighted by atomic mass is 9.73. The first-order valence-electron chi connectivity index (χ1n) is 12.4. The van der Waals surface area contributed by atoms with Gasteiger partial charge in [0.2, 0.25) is 5.91 Å². The van der Waals surface area contributed by atoms with E-state index >= 15 is 0 Å². The van der Waals surface area contributed by atoms with Gasteiger partial charge in [0.15, 0.2) is 0 Å². The number of imide groups is 1. The molecule has 0 aromatic heterocycles. The van der Waals surface area contributed by atoms with Gasteiger partial charge in [-0.1, -0.05) is 24.3 Å². The van der Waals surface area contributed by atoms with E-state index in [1.165, 1.54) is 12.0 Å². The van der Waals surface area contributed by atoms with Crippen LogP contribution < -0.4 is 5.32 Å². The molecule has 35 heavy (non-hydrogen) atoms. The van der Waals surface area contributed by atoms with Crippen LogP contribution in [-0.4, -0.2) is 91.4 Å². The number of urea groups is 1. The molecule has 0 saturated carbocycles.